The maximum atomic E-state index is 13.0. The Balaban J connectivity index is 2.09. The summed E-state index contributed by atoms with van der Waals surface area (Å²) in [5.41, 5.74) is 6.93. The van der Waals surface area contributed by atoms with E-state index in [1.54, 1.807) is 6.07 Å². The van der Waals surface area contributed by atoms with Crippen LogP contribution in [0.5, 0.6) is 5.75 Å². The third-order valence-electron chi connectivity index (χ3n) is 2.30. The summed E-state index contributed by atoms with van der Waals surface area (Å²) in [4.78, 5) is 0. The summed E-state index contributed by atoms with van der Waals surface area (Å²) in [7, 11) is 0. The summed E-state index contributed by atoms with van der Waals surface area (Å²) in [6.07, 6.45) is 0. The molecule has 0 aliphatic heterocycles. The lowest BCUT2D eigenvalue weighted by Gasteiger charge is -2.08. The van der Waals surface area contributed by atoms with Crippen LogP contribution in [-0.2, 0) is 6.61 Å². The summed E-state index contributed by atoms with van der Waals surface area (Å²) < 4.78 is 19.7. The number of nitrogen functional groups attached to an aromatic ring is 1. The lowest BCUT2D eigenvalue weighted by molar-refractivity contribution is 0.306. The Bertz CT molecular complexity index is 531. The number of benzene rings is 2. The van der Waals surface area contributed by atoms with Crippen molar-refractivity contribution in [1.82, 2.24) is 0 Å². The molecule has 0 amide bonds. The normalized spacial score (nSPS) is 10.2. The van der Waals surface area contributed by atoms with Gasteiger partial charge < -0.3 is 10.5 Å². The van der Waals surface area contributed by atoms with E-state index < -0.39 is 0 Å². The maximum absolute atomic E-state index is 13.0. The monoisotopic (exact) mass is 343 g/mol. The Kier molecular flexibility index (Phi) is 3.83. The summed E-state index contributed by atoms with van der Waals surface area (Å²) in [5.74, 6) is 0.445. The fourth-order valence-electron chi connectivity index (χ4n) is 1.42. The van der Waals surface area contributed by atoms with Crippen LogP contribution in [0, 0.1) is 9.39 Å². The van der Waals surface area contributed by atoms with Crippen LogP contribution in [0.3, 0.4) is 0 Å². The predicted molar refractivity (Wildman–Crippen MR) is 74.3 cm³/mol. The highest BCUT2D eigenvalue weighted by atomic mass is 127. The van der Waals surface area contributed by atoms with Crippen LogP contribution in [0.4, 0.5) is 10.1 Å². The molecule has 0 unspecified atom stereocenters. The molecule has 0 atom stereocenters. The number of hydrogen-bond donors (Lipinski definition) is 1. The maximum Gasteiger partial charge on any atom is 0.123 e. The third-order valence-corrected chi connectivity index (χ3v) is 2.97. The molecule has 0 spiro atoms. The smallest absolute Gasteiger partial charge is 0.123 e. The van der Waals surface area contributed by atoms with E-state index in [4.69, 9.17) is 10.5 Å². The number of hydrogen-bond acceptors (Lipinski definition) is 2. The van der Waals surface area contributed by atoms with E-state index in [1.165, 1.54) is 12.1 Å². The van der Waals surface area contributed by atoms with E-state index in [-0.39, 0.29) is 12.4 Å². The lowest BCUT2D eigenvalue weighted by Crippen LogP contribution is -2.01. The van der Waals surface area contributed by atoms with E-state index in [0.717, 1.165) is 9.32 Å². The molecule has 0 saturated carbocycles. The van der Waals surface area contributed by atoms with E-state index in [9.17, 15) is 4.39 Å². The summed E-state index contributed by atoms with van der Waals surface area (Å²) in [5, 5.41) is 0. The Morgan fingerprint density at radius 3 is 2.76 bits per heavy atom. The van der Waals surface area contributed by atoms with E-state index in [1.807, 2.05) is 24.3 Å². The van der Waals surface area contributed by atoms with Crippen molar-refractivity contribution in [3.05, 3.63) is 57.4 Å². The first-order valence-corrected chi connectivity index (χ1v) is 6.15. The highest BCUT2D eigenvalue weighted by Gasteiger charge is 2.02. The molecule has 0 heterocycles. The quantitative estimate of drug-likeness (QED) is 0.683. The van der Waals surface area contributed by atoms with Crippen LogP contribution in [0.1, 0.15) is 5.56 Å². The number of rotatable bonds is 3. The molecule has 0 radical (unpaired) electrons. The van der Waals surface area contributed by atoms with Gasteiger partial charge in [-0.3, -0.25) is 0 Å². The topological polar surface area (TPSA) is 35.2 Å². The van der Waals surface area contributed by atoms with Gasteiger partial charge in [-0.05, 0) is 59.0 Å². The van der Waals surface area contributed by atoms with Crippen LogP contribution in [0.15, 0.2) is 42.5 Å². The Morgan fingerprint density at radius 1 is 1.18 bits per heavy atom. The number of halogens is 2. The van der Waals surface area contributed by atoms with Gasteiger partial charge >= 0.3 is 0 Å². The molecule has 17 heavy (non-hydrogen) atoms. The van der Waals surface area contributed by atoms with Crippen molar-refractivity contribution in [3.8, 4) is 5.75 Å². The molecular weight excluding hydrogens is 332 g/mol. The van der Waals surface area contributed by atoms with Crippen molar-refractivity contribution < 1.29 is 9.13 Å². The highest BCUT2D eigenvalue weighted by molar-refractivity contribution is 14.1. The molecule has 2 nitrogen and oxygen atoms in total. The molecule has 0 aromatic heterocycles. The molecule has 0 aliphatic carbocycles. The van der Waals surface area contributed by atoms with Gasteiger partial charge in [-0.15, -0.1) is 0 Å². The minimum atomic E-state index is -0.305. The van der Waals surface area contributed by atoms with Crippen molar-refractivity contribution in [2.45, 2.75) is 6.61 Å². The number of nitrogens with two attached hydrogens (primary N) is 1. The number of anilines is 1. The molecule has 0 aliphatic rings. The molecule has 2 aromatic carbocycles. The van der Waals surface area contributed by atoms with Gasteiger partial charge in [0.15, 0.2) is 0 Å². The van der Waals surface area contributed by atoms with Crippen LogP contribution in [0.25, 0.3) is 0 Å². The average Bonchev–Trinajstić information content (AvgIpc) is 2.30. The highest BCUT2D eigenvalue weighted by Crippen LogP contribution is 2.19. The molecule has 2 rings (SSSR count). The van der Waals surface area contributed by atoms with Crippen molar-refractivity contribution >= 4 is 28.3 Å². The zero-order chi connectivity index (χ0) is 12.3. The van der Waals surface area contributed by atoms with Crippen LogP contribution in [0.2, 0.25) is 0 Å². The van der Waals surface area contributed by atoms with Gasteiger partial charge in [-0.2, -0.15) is 0 Å². The molecule has 2 N–H and O–H groups in total. The molecule has 0 fully saturated rings. The first-order chi connectivity index (χ1) is 8.15. The first-order valence-electron chi connectivity index (χ1n) is 5.07. The molecule has 0 bridgehead atoms. The Morgan fingerprint density at radius 2 is 2.00 bits per heavy atom. The van der Waals surface area contributed by atoms with Gasteiger partial charge in [0.05, 0.1) is 0 Å². The molecule has 0 saturated heterocycles. The first kappa shape index (κ1) is 12.2. The minimum Gasteiger partial charge on any atom is -0.489 e. The van der Waals surface area contributed by atoms with Crippen LogP contribution < -0.4 is 10.5 Å². The Hall–Kier alpha value is -1.30. The van der Waals surface area contributed by atoms with Crippen molar-refractivity contribution in [3.63, 3.8) is 0 Å². The van der Waals surface area contributed by atoms with E-state index in [2.05, 4.69) is 22.6 Å². The number of ether oxygens (including phenoxy) is 1. The van der Waals surface area contributed by atoms with Crippen LogP contribution in [-0.4, -0.2) is 0 Å². The molecule has 88 valence electrons. The predicted octanol–water partition coefficient (Wildman–Crippen LogP) is 3.59. The van der Waals surface area contributed by atoms with Gasteiger partial charge in [0.2, 0.25) is 0 Å². The fraction of sp³-hybridized carbons (Fsp3) is 0.0769. The second-order valence-corrected chi connectivity index (χ2v) is 4.83. The summed E-state index contributed by atoms with van der Waals surface area (Å²) >= 11 is 2.21. The van der Waals surface area contributed by atoms with Gasteiger partial charge in [-0.25, -0.2) is 4.39 Å². The standard InChI is InChI=1S/C13H11FINO/c14-10-4-5-13(16)9(6-10)8-17-12-3-1-2-11(15)7-12/h1-7H,8,16H2. The van der Waals surface area contributed by atoms with Gasteiger partial charge in [0.1, 0.15) is 18.2 Å². The van der Waals surface area contributed by atoms with Gasteiger partial charge in [0, 0.05) is 14.8 Å². The van der Waals surface area contributed by atoms with Crippen molar-refractivity contribution in [1.29, 1.82) is 0 Å². The second-order valence-electron chi connectivity index (χ2n) is 3.59. The second kappa shape index (κ2) is 5.35. The molecule has 2 aromatic rings. The van der Waals surface area contributed by atoms with Gasteiger partial charge in [0.25, 0.3) is 0 Å². The Labute approximate surface area is 113 Å². The SMILES string of the molecule is Nc1ccc(F)cc1COc1cccc(I)c1. The van der Waals surface area contributed by atoms with Crippen molar-refractivity contribution in [2.24, 2.45) is 0 Å². The van der Waals surface area contributed by atoms with Crippen molar-refractivity contribution in [2.75, 3.05) is 5.73 Å². The third kappa shape index (κ3) is 3.33. The van der Waals surface area contributed by atoms with E-state index in [0.29, 0.717) is 11.3 Å². The van der Waals surface area contributed by atoms with Gasteiger partial charge in [-0.1, -0.05) is 6.07 Å². The summed E-state index contributed by atoms with van der Waals surface area (Å²) in [6.45, 7) is 0.268. The van der Waals surface area contributed by atoms with Crippen LogP contribution >= 0.6 is 22.6 Å². The minimum absolute atomic E-state index is 0.268. The summed E-state index contributed by atoms with van der Waals surface area (Å²) in [6, 6.07) is 11.9. The average molecular weight is 343 g/mol. The van der Waals surface area contributed by atoms with E-state index >= 15 is 0 Å². The zero-order valence-corrected chi connectivity index (χ0v) is 11.1. The molecule has 4 heteroatoms. The zero-order valence-electron chi connectivity index (χ0n) is 8.99. The largest absolute Gasteiger partial charge is 0.489 e. The fourth-order valence-corrected chi connectivity index (χ4v) is 1.93. The molecular formula is C13H11FINO. The lowest BCUT2D eigenvalue weighted by atomic mass is 10.2.